The number of hydrogen-bond acceptors (Lipinski definition) is 5. The predicted octanol–water partition coefficient (Wildman–Crippen LogP) is 6.81. The Kier molecular flexibility index (Phi) is 7.18. The molecule has 34 heavy (non-hydrogen) atoms. The van der Waals surface area contributed by atoms with Crippen molar-refractivity contribution in [1.29, 1.82) is 0 Å². The van der Waals surface area contributed by atoms with Crippen molar-refractivity contribution in [3.8, 4) is 11.5 Å². The molecule has 1 N–H and O–H groups in total. The molecule has 3 aromatic carbocycles. The van der Waals surface area contributed by atoms with Crippen LogP contribution in [0.5, 0.6) is 11.5 Å². The van der Waals surface area contributed by atoms with Crippen molar-refractivity contribution in [2.75, 3.05) is 24.4 Å². The number of carbonyl (C=O) groups is 3. The molecule has 0 saturated carbocycles. The summed E-state index contributed by atoms with van der Waals surface area (Å²) in [7, 11) is 3.03. The standard InChI is InChI=1S/C23H14Br4N2O5/c1-33-12-7-8-14(34-2)13(9-12)28-21(30)10-3-5-11(6-4-10)29-22(31)15-16(23(29)32)18(25)20(27)19(26)17(15)24/h3-9H,1-2H3,(H,28,30). The lowest BCUT2D eigenvalue weighted by Crippen LogP contribution is -2.29. The third-order valence-corrected chi connectivity index (χ3v) is 9.91. The number of amides is 3. The van der Waals surface area contributed by atoms with Gasteiger partial charge in [0.2, 0.25) is 0 Å². The summed E-state index contributed by atoms with van der Waals surface area (Å²) < 4.78 is 12.7. The van der Waals surface area contributed by atoms with Crippen LogP contribution in [0.2, 0.25) is 0 Å². The smallest absolute Gasteiger partial charge is 0.267 e. The third-order valence-electron chi connectivity index (χ3n) is 5.14. The summed E-state index contributed by atoms with van der Waals surface area (Å²) in [6.45, 7) is 0. The fraction of sp³-hybridized carbons (Fsp3) is 0.0870. The van der Waals surface area contributed by atoms with Crippen LogP contribution >= 0.6 is 63.7 Å². The molecule has 3 amide bonds. The first-order valence-corrected chi connectivity index (χ1v) is 12.7. The first kappa shape index (κ1) is 24.9. The van der Waals surface area contributed by atoms with Gasteiger partial charge in [0.05, 0.1) is 36.7 Å². The van der Waals surface area contributed by atoms with Gasteiger partial charge in [0.1, 0.15) is 11.5 Å². The highest BCUT2D eigenvalue weighted by Gasteiger charge is 2.41. The molecule has 0 fully saturated rings. The van der Waals surface area contributed by atoms with Gasteiger partial charge < -0.3 is 14.8 Å². The molecule has 0 aromatic heterocycles. The number of nitrogens with one attached hydrogen (secondary N) is 1. The van der Waals surface area contributed by atoms with E-state index in [1.807, 2.05) is 0 Å². The molecule has 1 aliphatic rings. The number of rotatable bonds is 5. The average Bonchev–Trinajstić information content (AvgIpc) is 3.11. The number of anilines is 2. The zero-order valence-electron chi connectivity index (χ0n) is 17.5. The van der Waals surface area contributed by atoms with Crippen molar-refractivity contribution in [1.82, 2.24) is 0 Å². The summed E-state index contributed by atoms with van der Waals surface area (Å²) in [6.07, 6.45) is 0. The fourth-order valence-corrected chi connectivity index (χ4v) is 5.91. The molecular formula is C23H14Br4N2O5. The van der Waals surface area contributed by atoms with Crippen molar-refractivity contribution < 1.29 is 23.9 Å². The highest BCUT2D eigenvalue weighted by Crippen LogP contribution is 2.46. The molecule has 0 atom stereocenters. The van der Waals surface area contributed by atoms with Crippen molar-refractivity contribution in [3.63, 3.8) is 0 Å². The number of imide groups is 1. The largest absolute Gasteiger partial charge is 0.497 e. The van der Waals surface area contributed by atoms with Gasteiger partial charge in [0.25, 0.3) is 17.7 Å². The maximum Gasteiger partial charge on any atom is 0.267 e. The molecule has 0 saturated heterocycles. The summed E-state index contributed by atoms with van der Waals surface area (Å²) in [5.41, 5.74) is 1.62. The molecule has 11 heteroatoms. The molecule has 0 spiro atoms. The van der Waals surface area contributed by atoms with Gasteiger partial charge >= 0.3 is 0 Å². The van der Waals surface area contributed by atoms with Crippen molar-refractivity contribution >= 4 is 92.8 Å². The minimum Gasteiger partial charge on any atom is -0.497 e. The van der Waals surface area contributed by atoms with E-state index in [1.54, 1.807) is 30.3 Å². The zero-order chi connectivity index (χ0) is 24.7. The Morgan fingerprint density at radius 1 is 0.794 bits per heavy atom. The molecule has 0 bridgehead atoms. The van der Waals surface area contributed by atoms with Gasteiger partial charge in [-0.3, -0.25) is 14.4 Å². The van der Waals surface area contributed by atoms with Gasteiger partial charge in [-0.05, 0) is 100 Å². The average molecular weight is 718 g/mol. The first-order chi connectivity index (χ1) is 16.2. The van der Waals surface area contributed by atoms with Gasteiger partial charge in [0.15, 0.2) is 0 Å². The van der Waals surface area contributed by atoms with E-state index in [0.717, 1.165) is 4.90 Å². The van der Waals surface area contributed by atoms with E-state index in [-0.39, 0.29) is 17.0 Å². The Bertz CT molecular complexity index is 1310. The highest BCUT2D eigenvalue weighted by atomic mass is 79.9. The first-order valence-electron chi connectivity index (χ1n) is 9.57. The summed E-state index contributed by atoms with van der Waals surface area (Å²) in [5.74, 6) is -0.296. The molecule has 3 aromatic rings. The van der Waals surface area contributed by atoms with Crippen LogP contribution in [0.25, 0.3) is 0 Å². The van der Waals surface area contributed by atoms with Crippen LogP contribution in [0.3, 0.4) is 0 Å². The second-order valence-corrected chi connectivity index (χ2v) is 10.2. The Hall–Kier alpha value is -2.21. The molecule has 4 rings (SSSR count). The molecule has 0 aliphatic carbocycles. The quantitative estimate of drug-likeness (QED) is 0.178. The summed E-state index contributed by atoms with van der Waals surface area (Å²) in [4.78, 5) is 40.2. The Morgan fingerprint density at radius 3 is 1.85 bits per heavy atom. The number of methoxy groups -OCH3 is 2. The summed E-state index contributed by atoms with van der Waals surface area (Å²) >= 11 is 13.6. The van der Waals surface area contributed by atoms with Gasteiger partial charge in [-0.2, -0.15) is 0 Å². The van der Waals surface area contributed by atoms with Crippen LogP contribution in [0.15, 0.2) is 60.4 Å². The minimum atomic E-state index is -0.473. The summed E-state index contributed by atoms with van der Waals surface area (Å²) in [5, 5.41) is 2.79. The third kappa shape index (κ3) is 4.19. The Morgan fingerprint density at radius 2 is 1.35 bits per heavy atom. The number of benzene rings is 3. The van der Waals surface area contributed by atoms with E-state index in [4.69, 9.17) is 9.47 Å². The topological polar surface area (TPSA) is 84.9 Å². The number of fused-ring (bicyclic) bond motifs is 1. The molecule has 1 aliphatic heterocycles. The molecule has 7 nitrogen and oxygen atoms in total. The lowest BCUT2D eigenvalue weighted by Gasteiger charge is -2.15. The van der Waals surface area contributed by atoms with Crippen LogP contribution in [-0.4, -0.2) is 31.9 Å². The van der Waals surface area contributed by atoms with E-state index < -0.39 is 11.8 Å². The van der Waals surface area contributed by atoms with Crippen LogP contribution < -0.4 is 19.7 Å². The van der Waals surface area contributed by atoms with Crippen LogP contribution in [0.4, 0.5) is 11.4 Å². The molecular weight excluding hydrogens is 704 g/mol. The van der Waals surface area contributed by atoms with E-state index >= 15 is 0 Å². The monoisotopic (exact) mass is 714 g/mol. The SMILES string of the molecule is COc1ccc(OC)c(NC(=O)c2ccc(N3C(=O)c4c(Br)c(Br)c(Br)c(Br)c4C3=O)cc2)c1. The second-order valence-electron chi connectivity index (χ2n) is 7.02. The highest BCUT2D eigenvalue weighted by molar-refractivity contribution is 9.15. The van der Waals surface area contributed by atoms with E-state index in [2.05, 4.69) is 69.0 Å². The van der Waals surface area contributed by atoms with E-state index in [0.29, 0.717) is 46.3 Å². The van der Waals surface area contributed by atoms with Crippen LogP contribution in [-0.2, 0) is 0 Å². The van der Waals surface area contributed by atoms with Crippen LogP contribution in [0, 0.1) is 0 Å². The van der Waals surface area contributed by atoms with Gasteiger partial charge in [-0.1, -0.05) is 0 Å². The maximum absolute atomic E-state index is 13.1. The zero-order valence-corrected chi connectivity index (χ0v) is 23.9. The normalized spacial score (nSPS) is 12.6. The van der Waals surface area contributed by atoms with Crippen LogP contribution in [0.1, 0.15) is 31.1 Å². The second kappa shape index (κ2) is 9.80. The molecule has 0 unspecified atom stereocenters. The number of halogens is 4. The lowest BCUT2D eigenvalue weighted by molar-refractivity contribution is 0.0925. The number of ether oxygens (including phenoxy) is 2. The Labute approximate surface area is 228 Å². The molecule has 174 valence electrons. The minimum absolute atomic E-state index is 0.249. The molecule has 0 radical (unpaired) electrons. The van der Waals surface area contributed by atoms with E-state index in [1.165, 1.54) is 26.4 Å². The number of hydrogen-bond donors (Lipinski definition) is 1. The predicted molar refractivity (Wildman–Crippen MR) is 142 cm³/mol. The molecule has 1 heterocycles. The van der Waals surface area contributed by atoms with Gasteiger partial charge in [0, 0.05) is 29.5 Å². The number of nitrogens with zero attached hydrogens (tertiary/aromatic N) is 1. The fourth-order valence-electron chi connectivity index (χ4n) is 3.45. The Balaban J connectivity index is 1.62. The van der Waals surface area contributed by atoms with Crippen molar-refractivity contribution in [2.45, 2.75) is 0 Å². The number of carbonyl (C=O) groups excluding carboxylic acids is 3. The van der Waals surface area contributed by atoms with Crippen molar-refractivity contribution in [2.24, 2.45) is 0 Å². The van der Waals surface area contributed by atoms with E-state index in [9.17, 15) is 14.4 Å². The van der Waals surface area contributed by atoms with Gasteiger partial charge in [-0.25, -0.2) is 4.90 Å². The lowest BCUT2D eigenvalue weighted by atomic mass is 10.1. The van der Waals surface area contributed by atoms with Crippen molar-refractivity contribution in [3.05, 3.63) is 77.0 Å². The van der Waals surface area contributed by atoms with Gasteiger partial charge in [-0.15, -0.1) is 0 Å². The summed E-state index contributed by atoms with van der Waals surface area (Å²) in [6, 6.07) is 11.2. The maximum atomic E-state index is 13.1.